The van der Waals surface area contributed by atoms with Crippen molar-refractivity contribution in [1.29, 1.82) is 0 Å². The van der Waals surface area contributed by atoms with E-state index in [9.17, 15) is 9.59 Å². The number of carbonyl (C=O) groups excluding carboxylic acids is 2. The molecule has 5 heteroatoms. The van der Waals surface area contributed by atoms with E-state index in [1.165, 1.54) is 7.11 Å². The van der Waals surface area contributed by atoms with Crippen LogP contribution in [-0.2, 0) is 16.1 Å². The van der Waals surface area contributed by atoms with Gasteiger partial charge in [0.2, 0.25) is 0 Å². The second-order valence-electron chi connectivity index (χ2n) is 5.07. The number of nitrogens with one attached hydrogen (secondary N) is 1. The molecule has 0 aliphatic heterocycles. The molecule has 0 aliphatic rings. The Morgan fingerprint density at radius 3 is 2.61 bits per heavy atom. The van der Waals surface area contributed by atoms with Crippen molar-refractivity contribution in [3.8, 4) is 5.75 Å². The van der Waals surface area contributed by atoms with E-state index in [-0.39, 0.29) is 12.5 Å². The smallest absolute Gasteiger partial charge is 0.338 e. The average molecular weight is 313 g/mol. The summed E-state index contributed by atoms with van der Waals surface area (Å²) < 4.78 is 10.0. The molecule has 0 fully saturated rings. The van der Waals surface area contributed by atoms with E-state index in [4.69, 9.17) is 9.47 Å². The number of amides is 1. The fourth-order valence-corrected chi connectivity index (χ4v) is 2.04. The number of hydrogen-bond donors (Lipinski definition) is 1. The standard InChI is InChI=1S/C18H19NO4/c1-13-5-3-6-14(9-13)11-19-17(20)12-23-18(21)15-7-4-8-16(10-15)22-2/h3-10H,11-12H2,1-2H3,(H,19,20). The minimum absolute atomic E-state index is 0.318. The third-order valence-corrected chi connectivity index (χ3v) is 3.21. The maximum Gasteiger partial charge on any atom is 0.338 e. The van der Waals surface area contributed by atoms with E-state index in [1.807, 2.05) is 31.2 Å². The van der Waals surface area contributed by atoms with Crippen molar-refractivity contribution in [2.24, 2.45) is 0 Å². The summed E-state index contributed by atoms with van der Waals surface area (Å²) in [6.45, 7) is 2.07. The van der Waals surface area contributed by atoms with Crippen LogP contribution in [0, 0.1) is 6.92 Å². The summed E-state index contributed by atoms with van der Waals surface area (Å²) in [5.41, 5.74) is 2.47. The molecule has 0 atom stereocenters. The first-order valence-corrected chi connectivity index (χ1v) is 7.22. The molecule has 0 saturated carbocycles. The molecule has 0 aliphatic carbocycles. The summed E-state index contributed by atoms with van der Waals surface area (Å²) in [5.74, 6) is -0.347. The van der Waals surface area contributed by atoms with Gasteiger partial charge in [-0.25, -0.2) is 4.79 Å². The second kappa shape index (κ2) is 7.98. The van der Waals surface area contributed by atoms with E-state index < -0.39 is 5.97 Å². The largest absolute Gasteiger partial charge is 0.497 e. The predicted molar refractivity (Wildman–Crippen MR) is 86.3 cm³/mol. The van der Waals surface area contributed by atoms with Crippen molar-refractivity contribution >= 4 is 11.9 Å². The molecular weight excluding hydrogens is 294 g/mol. The Balaban J connectivity index is 1.80. The van der Waals surface area contributed by atoms with E-state index in [2.05, 4.69) is 5.32 Å². The maximum atomic E-state index is 11.9. The summed E-state index contributed by atoms with van der Waals surface area (Å²) in [5, 5.41) is 2.71. The van der Waals surface area contributed by atoms with Crippen molar-refractivity contribution in [3.05, 3.63) is 65.2 Å². The summed E-state index contributed by atoms with van der Waals surface area (Å²) >= 11 is 0. The number of ether oxygens (including phenoxy) is 2. The van der Waals surface area contributed by atoms with Crippen LogP contribution in [0.15, 0.2) is 48.5 Å². The van der Waals surface area contributed by atoms with Gasteiger partial charge in [-0.15, -0.1) is 0 Å². The van der Waals surface area contributed by atoms with Gasteiger partial charge in [0.1, 0.15) is 5.75 Å². The Morgan fingerprint density at radius 1 is 1.09 bits per heavy atom. The molecular formula is C18H19NO4. The van der Waals surface area contributed by atoms with E-state index >= 15 is 0 Å². The number of hydrogen-bond acceptors (Lipinski definition) is 4. The van der Waals surface area contributed by atoms with Gasteiger partial charge in [-0.3, -0.25) is 4.79 Å². The van der Waals surface area contributed by atoms with E-state index in [1.54, 1.807) is 24.3 Å². The molecule has 2 rings (SSSR count). The minimum atomic E-state index is -0.561. The number of carbonyl (C=O) groups is 2. The first-order chi connectivity index (χ1) is 11.1. The lowest BCUT2D eigenvalue weighted by molar-refractivity contribution is -0.124. The van der Waals surface area contributed by atoms with Gasteiger partial charge in [0.15, 0.2) is 6.61 Å². The highest BCUT2D eigenvalue weighted by atomic mass is 16.5. The summed E-state index contributed by atoms with van der Waals surface area (Å²) in [6, 6.07) is 14.4. The first kappa shape index (κ1) is 16.5. The Labute approximate surface area is 135 Å². The van der Waals surface area contributed by atoms with Gasteiger partial charge in [0, 0.05) is 6.54 Å². The van der Waals surface area contributed by atoms with Crippen LogP contribution in [0.4, 0.5) is 0 Å². The highest BCUT2D eigenvalue weighted by Crippen LogP contribution is 2.13. The molecule has 23 heavy (non-hydrogen) atoms. The Kier molecular flexibility index (Phi) is 5.74. The van der Waals surface area contributed by atoms with Crippen molar-refractivity contribution in [2.45, 2.75) is 13.5 Å². The van der Waals surface area contributed by atoms with Crippen molar-refractivity contribution in [3.63, 3.8) is 0 Å². The monoisotopic (exact) mass is 313 g/mol. The van der Waals surface area contributed by atoms with Crippen LogP contribution < -0.4 is 10.1 Å². The average Bonchev–Trinajstić information content (AvgIpc) is 2.58. The lowest BCUT2D eigenvalue weighted by atomic mass is 10.1. The van der Waals surface area contributed by atoms with Gasteiger partial charge in [-0.2, -0.15) is 0 Å². The third-order valence-electron chi connectivity index (χ3n) is 3.21. The van der Waals surface area contributed by atoms with Crippen LogP contribution in [0.3, 0.4) is 0 Å². The van der Waals surface area contributed by atoms with Crippen LogP contribution in [0.2, 0.25) is 0 Å². The molecule has 1 amide bonds. The number of benzene rings is 2. The van der Waals surface area contributed by atoms with Gasteiger partial charge in [-0.1, -0.05) is 35.9 Å². The number of methoxy groups -OCH3 is 1. The molecule has 2 aromatic carbocycles. The molecule has 0 radical (unpaired) electrons. The van der Waals surface area contributed by atoms with Gasteiger partial charge in [0.05, 0.1) is 12.7 Å². The topological polar surface area (TPSA) is 64.6 Å². The fourth-order valence-electron chi connectivity index (χ4n) is 2.04. The number of rotatable bonds is 6. The van der Waals surface area contributed by atoms with Gasteiger partial charge >= 0.3 is 5.97 Å². The van der Waals surface area contributed by atoms with Crippen LogP contribution in [-0.4, -0.2) is 25.6 Å². The van der Waals surface area contributed by atoms with Crippen molar-refractivity contribution in [1.82, 2.24) is 5.32 Å². The Morgan fingerprint density at radius 2 is 1.87 bits per heavy atom. The zero-order chi connectivity index (χ0) is 16.7. The molecule has 0 spiro atoms. The maximum absolute atomic E-state index is 11.9. The minimum Gasteiger partial charge on any atom is -0.497 e. The van der Waals surface area contributed by atoms with Crippen molar-refractivity contribution in [2.75, 3.05) is 13.7 Å². The van der Waals surface area contributed by atoms with Gasteiger partial charge in [0.25, 0.3) is 5.91 Å². The SMILES string of the molecule is COc1cccc(C(=O)OCC(=O)NCc2cccc(C)c2)c1. The second-order valence-corrected chi connectivity index (χ2v) is 5.07. The van der Waals surface area contributed by atoms with Crippen LogP contribution in [0.1, 0.15) is 21.5 Å². The lowest BCUT2D eigenvalue weighted by Crippen LogP contribution is -2.28. The fraction of sp³-hybridized carbons (Fsp3) is 0.222. The molecule has 2 aromatic rings. The Bertz CT molecular complexity index is 697. The summed E-state index contributed by atoms with van der Waals surface area (Å²) in [6.07, 6.45) is 0. The third kappa shape index (κ3) is 5.14. The molecule has 0 saturated heterocycles. The predicted octanol–water partition coefficient (Wildman–Crippen LogP) is 2.48. The number of aryl methyl sites for hydroxylation is 1. The quantitative estimate of drug-likeness (QED) is 0.832. The van der Waals surface area contributed by atoms with E-state index in [0.717, 1.165) is 11.1 Å². The number of esters is 1. The zero-order valence-electron chi connectivity index (χ0n) is 13.2. The highest BCUT2D eigenvalue weighted by Gasteiger charge is 2.10. The first-order valence-electron chi connectivity index (χ1n) is 7.22. The van der Waals surface area contributed by atoms with Crippen LogP contribution >= 0.6 is 0 Å². The summed E-state index contributed by atoms with van der Waals surface area (Å²) in [7, 11) is 1.52. The van der Waals surface area contributed by atoms with Gasteiger partial charge < -0.3 is 14.8 Å². The molecule has 0 heterocycles. The molecule has 120 valence electrons. The Hall–Kier alpha value is -2.82. The zero-order valence-corrected chi connectivity index (χ0v) is 13.2. The summed E-state index contributed by atoms with van der Waals surface area (Å²) in [4.78, 5) is 23.6. The lowest BCUT2D eigenvalue weighted by Gasteiger charge is -2.08. The van der Waals surface area contributed by atoms with Crippen LogP contribution in [0.5, 0.6) is 5.75 Å². The molecule has 0 unspecified atom stereocenters. The van der Waals surface area contributed by atoms with E-state index in [0.29, 0.717) is 17.9 Å². The molecule has 1 N–H and O–H groups in total. The highest BCUT2D eigenvalue weighted by molar-refractivity contribution is 5.91. The molecule has 0 bridgehead atoms. The normalized spacial score (nSPS) is 10.0. The molecule has 5 nitrogen and oxygen atoms in total. The van der Waals surface area contributed by atoms with Crippen LogP contribution in [0.25, 0.3) is 0 Å². The molecule has 0 aromatic heterocycles. The van der Waals surface area contributed by atoms with Gasteiger partial charge in [-0.05, 0) is 30.7 Å². The van der Waals surface area contributed by atoms with Crippen molar-refractivity contribution < 1.29 is 19.1 Å².